The van der Waals surface area contributed by atoms with E-state index in [4.69, 9.17) is 0 Å². The first kappa shape index (κ1) is 13.4. The highest BCUT2D eigenvalue weighted by Gasteiger charge is 2.24. The van der Waals surface area contributed by atoms with Crippen LogP contribution in [0.4, 0.5) is 5.69 Å². The lowest BCUT2D eigenvalue weighted by molar-refractivity contribution is 0.687. The van der Waals surface area contributed by atoms with Crippen molar-refractivity contribution < 1.29 is 0 Å². The summed E-state index contributed by atoms with van der Waals surface area (Å²) in [7, 11) is 0. The Bertz CT molecular complexity index is 438. The highest BCUT2D eigenvalue weighted by Crippen LogP contribution is 2.34. The molecule has 0 aliphatic heterocycles. The zero-order chi connectivity index (χ0) is 13.2. The second-order valence-electron chi connectivity index (χ2n) is 5.92. The van der Waals surface area contributed by atoms with Gasteiger partial charge in [-0.15, -0.1) is 0 Å². The lowest BCUT2D eigenvalue weighted by Gasteiger charge is -2.24. The van der Waals surface area contributed by atoms with E-state index >= 15 is 0 Å². The molecule has 0 aromatic heterocycles. The number of anilines is 1. The van der Waals surface area contributed by atoms with Gasteiger partial charge in [-0.2, -0.15) is 0 Å². The Balaban J connectivity index is 1.65. The number of hydrogen-bond donors (Lipinski definition) is 1. The topological polar surface area (TPSA) is 15.3 Å². The molecule has 1 aromatic carbocycles. The Kier molecular flexibility index (Phi) is 4.13. The van der Waals surface area contributed by atoms with Gasteiger partial charge in [-0.25, -0.2) is 0 Å². The molecule has 2 aliphatic carbocycles. The van der Waals surface area contributed by atoms with E-state index in [1.165, 1.54) is 48.0 Å². The van der Waals surface area contributed by atoms with Crippen LogP contribution in [0.5, 0.6) is 0 Å². The average Bonchev–Trinajstić information content (AvgIpc) is 3.28. The Morgan fingerprint density at radius 3 is 2.63 bits per heavy atom. The SMILES string of the molecule is CCN(CC1CC1)c1ccc(CNC2CC2)cc1Br. The van der Waals surface area contributed by atoms with E-state index in [0.717, 1.165) is 25.0 Å². The van der Waals surface area contributed by atoms with Crippen LogP contribution >= 0.6 is 15.9 Å². The molecule has 0 spiro atoms. The summed E-state index contributed by atoms with van der Waals surface area (Å²) in [6.07, 6.45) is 5.53. The summed E-state index contributed by atoms with van der Waals surface area (Å²) in [5.41, 5.74) is 2.73. The first-order valence-corrected chi connectivity index (χ1v) is 8.32. The molecule has 2 fully saturated rings. The van der Waals surface area contributed by atoms with Gasteiger partial charge >= 0.3 is 0 Å². The fourth-order valence-corrected chi connectivity index (χ4v) is 3.15. The number of benzene rings is 1. The smallest absolute Gasteiger partial charge is 0.0510 e. The second kappa shape index (κ2) is 5.84. The van der Waals surface area contributed by atoms with Crippen LogP contribution in [0.3, 0.4) is 0 Å². The zero-order valence-corrected chi connectivity index (χ0v) is 13.2. The molecule has 3 rings (SSSR count). The summed E-state index contributed by atoms with van der Waals surface area (Å²) in [6.45, 7) is 5.55. The molecule has 0 bridgehead atoms. The van der Waals surface area contributed by atoms with Crippen molar-refractivity contribution in [2.45, 2.75) is 45.2 Å². The molecular formula is C16H23BrN2. The predicted octanol–water partition coefficient (Wildman–Crippen LogP) is 3.94. The molecule has 0 saturated heterocycles. The molecule has 0 heterocycles. The monoisotopic (exact) mass is 322 g/mol. The summed E-state index contributed by atoms with van der Waals surface area (Å²) < 4.78 is 1.24. The molecule has 2 saturated carbocycles. The van der Waals surface area contributed by atoms with Gasteiger partial charge in [0.25, 0.3) is 0 Å². The average molecular weight is 323 g/mol. The van der Waals surface area contributed by atoms with E-state index in [0.29, 0.717) is 0 Å². The first-order valence-electron chi connectivity index (χ1n) is 7.53. The van der Waals surface area contributed by atoms with E-state index in [2.05, 4.69) is 51.3 Å². The molecule has 0 radical (unpaired) electrons. The van der Waals surface area contributed by atoms with Crippen LogP contribution < -0.4 is 10.2 Å². The van der Waals surface area contributed by atoms with Crippen molar-refractivity contribution in [3.05, 3.63) is 28.2 Å². The van der Waals surface area contributed by atoms with Crippen LogP contribution in [0.15, 0.2) is 22.7 Å². The van der Waals surface area contributed by atoms with Crippen LogP contribution in [0.25, 0.3) is 0 Å². The number of nitrogens with zero attached hydrogens (tertiary/aromatic N) is 1. The van der Waals surface area contributed by atoms with Crippen molar-refractivity contribution >= 4 is 21.6 Å². The minimum Gasteiger partial charge on any atom is -0.371 e. The molecule has 0 unspecified atom stereocenters. The number of halogens is 1. The van der Waals surface area contributed by atoms with E-state index in [1.807, 2.05) is 0 Å². The third-order valence-electron chi connectivity index (χ3n) is 4.08. The van der Waals surface area contributed by atoms with Crippen LogP contribution in [0, 0.1) is 5.92 Å². The lowest BCUT2D eigenvalue weighted by atomic mass is 10.2. The van der Waals surface area contributed by atoms with Gasteiger partial charge in [0.2, 0.25) is 0 Å². The van der Waals surface area contributed by atoms with Crippen LogP contribution in [0.2, 0.25) is 0 Å². The summed E-state index contributed by atoms with van der Waals surface area (Å²) in [6, 6.07) is 7.60. The normalized spacial score (nSPS) is 18.6. The van der Waals surface area contributed by atoms with Crippen molar-refractivity contribution in [3.63, 3.8) is 0 Å². The maximum Gasteiger partial charge on any atom is 0.0510 e. The molecule has 1 aromatic rings. The van der Waals surface area contributed by atoms with E-state index in [1.54, 1.807) is 0 Å². The summed E-state index contributed by atoms with van der Waals surface area (Å²) in [4.78, 5) is 2.50. The van der Waals surface area contributed by atoms with Gasteiger partial charge in [-0.05, 0) is 72.2 Å². The fourth-order valence-electron chi connectivity index (χ4n) is 2.48. The highest BCUT2D eigenvalue weighted by molar-refractivity contribution is 9.10. The number of hydrogen-bond acceptors (Lipinski definition) is 2. The summed E-state index contributed by atoms with van der Waals surface area (Å²) in [5.74, 6) is 0.933. The van der Waals surface area contributed by atoms with Crippen LogP contribution in [-0.4, -0.2) is 19.1 Å². The number of nitrogens with one attached hydrogen (secondary N) is 1. The van der Waals surface area contributed by atoms with Crippen molar-refractivity contribution in [1.29, 1.82) is 0 Å². The Hall–Kier alpha value is -0.540. The lowest BCUT2D eigenvalue weighted by Crippen LogP contribution is -2.25. The molecule has 1 N–H and O–H groups in total. The van der Waals surface area contributed by atoms with Crippen molar-refractivity contribution in [3.8, 4) is 0 Å². The largest absolute Gasteiger partial charge is 0.371 e. The molecule has 0 atom stereocenters. The van der Waals surface area contributed by atoms with E-state index < -0.39 is 0 Å². The van der Waals surface area contributed by atoms with Gasteiger partial charge in [0.1, 0.15) is 0 Å². The maximum absolute atomic E-state index is 3.75. The van der Waals surface area contributed by atoms with Crippen molar-refractivity contribution in [2.75, 3.05) is 18.0 Å². The van der Waals surface area contributed by atoms with Crippen LogP contribution in [-0.2, 0) is 6.54 Å². The Morgan fingerprint density at radius 1 is 1.26 bits per heavy atom. The van der Waals surface area contributed by atoms with Crippen molar-refractivity contribution in [1.82, 2.24) is 5.32 Å². The van der Waals surface area contributed by atoms with Crippen molar-refractivity contribution in [2.24, 2.45) is 5.92 Å². The third kappa shape index (κ3) is 3.73. The molecule has 2 aliphatic rings. The highest BCUT2D eigenvalue weighted by atomic mass is 79.9. The summed E-state index contributed by atoms with van der Waals surface area (Å²) in [5, 5.41) is 3.57. The maximum atomic E-state index is 3.75. The minimum atomic E-state index is 0.778. The molecule has 3 heteroatoms. The summed E-state index contributed by atoms with van der Waals surface area (Å²) >= 11 is 3.75. The molecule has 19 heavy (non-hydrogen) atoms. The second-order valence-corrected chi connectivity index (χ2v) is 6.78. The van der Waals surface area contributed by atoms with E-state index in [-0.39, 0.29) is 0 Å². The molecule has 2 nitrogen and oxygen atoms in total. The van der Waals surface area contributed by atoms with E-state index in [9.17, 15) is 0 Å². The first-order chi connectivity index (χ1) is 9.26. The standard InChI is InChI=1S/C16H23BrN2/c1-2-19(11-12-3-4-12)16-8-5-13(9-15(16)17)10-18-14-6-7-14/h5,8-9,12,14,18H,2-4,6-7,10-11H2,1H3. The van der Waals surface area contributed by atoms with Gasteiger partial charge < -0.3 is 10.2 Å². The predicted molar refractivity (Wildman–Crippen MR) is 84.6 cm³/mol. The molecule has 104 valence electrons. The van der Waals surface area contributed by atoms with Gasteiger partial charge in [-0.1, -0.05) is 6.07 Å². The Morgan fingerprint density at radius 2 is 2.05 bits per heavy atom. The Labute approximate surface area is 124 Å². The quantitative estimate of drug-likeness (QED) is 0.818. The zero-order valence-electron chi connectivity index (χ0n) is 11.7. The fraction of sp³-hybridized carbons (Fsp3) is 0.625. The van der Waals surface area contributed by atoms with Gasteiger partial charge in [0.15, 0.2) is 0 Å². The number of rotatable bonds is 7. The van der Waals surface area contributed by atoms with Gasteiger partial charge in [0, 0.05) is 30.1 Å². The minimum absolute atomic E-state index is 0.778. The molecular weight excluding hydrogens is 300 g/mol. The van der Waals surface area contributed by atoms with Crippen LogP contribution in [0.1, 0.15) is 38.2 Å². The van der Waals surface area contributed by atoms with Gasteiger partial charge in [0.05, 0.1) is 5.69 Å². The van der Waals surface area contributed by atoms with Gasteiger partial charge in [-0.3, -0.25) is 0 Å². The third-order valence-corrected chi connectivity index (χ3v) is 4.72. The molecule has 0 amide bonds.